The Bertz CT molecular complexity index is 487. The fourth-order valence-corrected chi connectivity index (χ4v) is 2.93. The number of carbonyl (C=O) groups excluding carboxylic acids is 1. The van der Waals surface area contributed by atoms with Crippen LogP contribution in [0.25, 0.3) is 0 Å². The largest absolute Gasteiger partial charge is 0.393 e. The summed E-state index contributed by atoms with van der Waals surface area (Å²) in [6.07, 6.45) is 2.86. The first-order valence-corrected chi connectivity index (χ1v) is 7.37. The minimum atomic E-state index is -0.891. The fourth-order valence-electron chi connectivity index (χ4n) is 2.53. The van der Waals surface area contributed by atoms with Crippen molar-refractivity contribution in [3.63, 3.8) is 0 Å². The number of hydrogen-bond donors (Lipinski definition) is 2. The van der Waals surface area contributed by atoms with Gasteiger partial charge in [-0.05, 0) is 37.3 Å². The van der Waals surface area contributed by atoms with Crippen LogP contribution in [0.15, 0.2) is 16.6 Å². The van der Waals surface area contributed by atoms with Gasteiger partial charge in [-0.1, -0.05) is 22.4 Å². The van der Waals surface area contributed by atoms with Gasteiger partial charge in [0.1, 0.15) is 17.2 Å². The number of aliphatic hydroxyl groups is 1. The van der Waals surface area contributed by atoms with Gasteiger partial charge in [0.05, 0.1) is 6.10 Å². The average Bonchev–Trinajstić information content (AvgIpc) is 2.35. The summed E-state index contributed by atoms with van der Waals surface area (Å²) >= 11 is 2.96. The molecular weight excluding hydrogens is 332 g/mol. The van der Waals surface area contributed by atoms with Crippen molar-refractivity contribution in [3.05, 3.63) is 33.8 Å². The molecule has 1 aromatic rings. The normalized spacial score (nSPS) is 22.6. The number of hydrogen-bond acceptors (Lipinski definition) is 2. The van der Waals surface area contributed by atoms with Gasteiger partial charge in [-0.15, -0.1) is 0 Å². The van der Waals surface area contributed by atoms with Crippen LogP contribution in [0.5, 0.6) is 0 Å². The van der Waals surface area contributed by atoms with Crippen molar-refractivity contribution in [2.24, 2.45) is 5.92 Å². The van der Waals surface area contributed by atoms with Gasteiger partial charge in [-0.2, -0.15) is 0 Å². The first-order chi connectivity index (χ1) is 9.47. The lowest BCUT2D eigenvalue weighted by molar-refractivity contribution is 0.0867. The third kappa shape index (κ3) is 3.76. The Morgan fingerprint density at radius 1 is 1.35 bits per heavy atom. The fraction of sp³-hybridized carbons (Fsp3) is 0.500. The van der Waals surface area contributed by atoms with E-state index in [2.05, 4.69) is 21.2 Å². The van der Waals surface area contributed by atoms with Crippen molar-refractivity contribution in [1.82, 2.24) is 5.32 Å². The quantitative estimate of drug-likeness (QED) is 0.882. The van der Waals surface area contributed by atoms with Crippen LogP contribution < -0.4 is 5.32 Å². The van der Waals surface area contributed by atoms with Crippen LogP contribution in [0.1, 0.15) is 36.0 Å². The zero-order valence-corrected chi connectivity index (χ0v) is 12.4. The number of nitrogens with one attached hydrogen (secondary N) is 1. The maximum atomic E-state index is 13.6. The Kier molecular flexibility index (Phi) is 5.10. The van der Waals surface area contributed by atoms with Crippen LogP contribution >= 0.6 is 15.9 Å². The molecule has 0 spiro atoms. The Hall–Kier alpha value is -1.01. The molecule has 1 saturated carbocycles. The molecule has 1 aromatic carbocycles. The second kappa shape index (κ2) is 6.63. The first kappa shape index (κ1) is 15.4. The van der Waals surface area contributed by atoms with E-state index >= 15 is 0 Å². The summed E-state index contributed by atoms with van der Waals surface area (Å²) in [4.78, 5) is 11.9. The van der Waals surface area contributed by atoms with Gasteiger partial charge < -0.3 is 10.4 Å². The number of amides is 1. The van der Waals surface area contributed by atoms with Crippen LogP contribution in [0.3, 0.4) is 0 Å². The third-order valence-electron chi connectivity index (χ3n) is 3.54. The lowest BCUT2D eigenvalue weighted by Crippen LogP contribution is -2.33. The highest BCUT2D eigenvalue weighted by Gasteiger charge is 2.23. The molecule has 0 aromatic heterocycles. The maximum Gasteiger partial charge on any atom is 0.257 e. The van der Waals surface area contributed by atoms with Gasteiger partial charge in [0.2, 0.25) is 0 Å². The Labute approximate surface area is 124 Å². The van der Waals surface area contributed by atoms with Crippen LogP contribution in [0.4, 0.5) is 8.78 Å². The summed E-state index contributed by atoms with van der Waals surface area (Å²) in [6.45, 7) is 0.324. The maximum absolute atomic E-state index is 13.6. The zero-order chi connectivity index (χ0) is 14.7. The van der Waals surface area contributed by atoms with Crippen molar-refractivity contribution in [3.8, 4) is 0 Å². The van der Waals surface area contributed by atoms with Gasteiger partial charge >= 0.3 is 0 Å². The molecule has 1 aliphatic rings. The van der Waals surface area contributed by atoms with Gasteiger partial charge in [0, 0.05) is 11.0 Å². The molecule has 0 aliphatic heterocycles. The topological polar surface area (TPSA) is 49.3 Å². The molecule has 3 nitrogen and oxygen atoms in total. The molecule has 1 fully saturated rings. The first-order valence-electron chi connectivity index (χ1n) is 6.58. The molecule has 2 rings (SSSR count). The van der Waals surface area contributed by atoms with Gasteiger partial charge in [-0.25, -0.2) is 8.78 Å². The lowest BCUT2D eigenvalue weighted by atomic mass is 9.87. The van der Waals surface area contributed by atoms with Gasteiger partial charge in [0.25, 0.3) is 5.91 Å². The Morgan fingerprint density at radius 3 is 2.60 bits per heavy atom. The molecule has 20 heavy (non-hydrogen) atoms. The third-order valence-corrected chi connectivity index (χ3v) is 4.00. The van der Waals surface area contributed by atoms with Crippen LogP contribution in [0, 0.1) is 17.6 Å². The summed E-state index contributed by atoms with van der Waals surface area (Å²) in [5.41, 5.74) is -0.565. The molecule has 2 N–H and O–H groups in total. The number of aliphatic hydroxyl groups excluding tert-OH is 1. The summed E-state index contributed by atoms with van der Waals surface area (Å²) in [5.74, 6) is -2.38. The molecule has 1 amide bonds. The molecule has 0 unspecified atom stereocenters. The summed E-state index contributed by atoms with van der Waals surface area (Å²) in [6, 6.07) is 2.12. The molecule has 110 valence electrons. The number of rotatable bonds is 3. The van der Waals surface area contributed by atoms with Crippen LogP contribution in [-0.4, -0.2) is 23.7 Å². The van der Waals surface area contributed by atoms with Crippen LogP contribution in [-0.2, 0) is 0 Å². The van der Waals surface area contributed by atoms with E-state index in [0.717, 1.165) is 31.4 Å². The average molecular weight is 348 g/mol. The Balaban J connectivity index is 1.98. The van der Waals surface area contributed by atoms with Gasteiger partial charge in [-0.3, -0.25) is 4.79 Å². The number of halogens is 3. The predicted molar refractivity (Wildman–Crippen MR) is 74.4 cm³/mol. The standard InChI is InChI=1S/C14H16BrF2NO2/c15-9-5-11(16)13(12(17)6-9)14(20)18-7-8-2-1-3-10(19)4-8/h5-6,8,10,19H,1-4,7H2,(H,18,20)/t8-,10+/m0/s1. The smallest absolute Gasteiger partial charge is 0.257 e. The summed E-state index contributed by atoms with van der Waals surface area (Å²) in [7, 11) is 0. The van der Waals surface area contributed by atoms with E-state index in [1.165, 1.54) is 0 Å². The van der Waals surface area contributed by atoms with E-state index < -0.39 is 23.1 Å². The second-order valence-corrected chi connectivity index (χ2v) is 6.06. The molecule has 0 saturated heterocycles. The van der Waals surface area contributed by atoms with E-state index in [-0.39, 0.29) is 16.5 Å². The van der Waals surface area contributed by atoms with Crippen molar-refractivity contribution in [2.75, 3.05) is 6.54 Å². The van der Waals surface area contributed by atoms with Gasteiger partial charge in [0.15, 0.2) is 0 Å². The highest BCUT2D eigenvalue weighted by Crippen LogP contribution is 2.24. The van der Waals surface area contributed by atoms with E-state index in [1.807, 2.05) is 0 Å². The molecule has 0 radical (unpaired) electrons. The SMILES string of the molecule is O=C(NC[C@H]1CCC[C@@H](O)C1)c1c(F)cc(Br)cc1F. The van der Waals surface area contributed by atoms with Crippen molar-refractivity contribution < 1.29 is 18.7 Å². The lowest BCUT2D eigenvalue weighted by Gasteiger charge is -2.25. The number of benzene rings is 1. The summed E-state index contributed by atoms with van der Waals surface area (Å²) in [5, 5.41) is 12.1. The van der Waals surface area contributed by atoms with Crippen molar-refractivity contribution in [1.29, 1.82) is 0 Å². The molecule has 0 heterocycles. The minimum Gasteiger partial charge on any atom is -0.393 e. The highest BCUT2D eigenvalue weighted by atomic mass is 79.9. The number of carbonyl (C=O) groups is 1. The van der Waals surface area contributed by atoms with Crippen molar-refractivity contribution in [2.45, 2.75) is 31.8 Å². The molecule has 6 heteroatoms. The van der Waals surface area contributed by atoms with Crippen molar-refractivity contribution >= 4 is 21.8 Å². The predicted octanol–water partition coefficient (Wildman–Crippen LogP) is 3.01. The molecule has 0 bridgehead atoms. The molecule has 1 aliphatic carbocycles. The second-order valence-electron chi connectivity index (χ2n) is 5.14. The van der Waals surface area contributed by atoms with E-state index in [4.69, 9.17) is 0 Å². The van der Waals surface area contributed by atoms with E-state index in [9.17, 15) is 18.7 Å². The summed E-state index contributed by atoms with van der Waals surface area (Å²) < 4.78 is 27.5. The van der Waals surface area contributed by atoms with E-state index in [1.54, 1.807) is 0 Å². The monoisotopic (exact) mass is 347 g/mol. The molecule has 2 atom stereocenters. The highest BCUT2D eigenvalue weighted by molar-refractivity contribution is 9.10. The molecular formula is C14H16BrF2NO2. The van der Waals surface area contributed by atoms with E-state index in [0.29, 0.717) is 13.0 Å². The Morgan fingerprint density at radius 2 is 2.00 bits per heavy atom. The van der Waals surface area contributed by atoms with Crippen LogP contribution in [0.2, 0.25) is 0 Å². The zero-order valence-electron chi connectivity index (χ0n) is 10.8. The minimum absolute atomic E-state index is 0.157.